The normalized spacial score (nSPS) is 36.1. The summed E-state index contributed by atoms with van der Waals surface area (Å²) in [7, 11) is 0. The number of hydrogen-bond acceptors (Lipinski definition) is 2. The van der Waals surface area contributed by atoms with Gasteiger partial charge in [-0.3, -0.25) is 0 Å². The third kappa shape index (κ3) is 2.56. The zero-order chi connectivity index (χ0) is 13.1. The molecule has 0 amide bonds. The first kappa shape index (κ1) is 13.1. The lowest BCUT2D eigenvalue weighted by atomic mass is 9.65. The van der Waals surface area contributed by atoms with Crippen molar-refractivity contribution in [3.8, 4) is 0 Å². The molecule has 19 heavy (non-hydrogen) atoms. The van der Waals surface area contributed by atoms with Crippen LogP contribution in [0.25, 0.3) is 0 Å². The maximum atomic E-state index is 11.3. The maximum Gasteiger partial charge on any atom is 0.0765 e. The van der Waals surface area contributed by atoms with Crippen molar-refractivity contribution < 1.29 is 9.84 Å². The van der Waals surface area contributed by atoms with Crippen molar-refractivity contribution in [1.29, 1.82) is 0 Å². The second kappa shape index (κ2) is 5.64. The Labute approximate surface area is 115 Å². The highest BCUT2D eigenvalue weighted by atomic mass is 16.5. The van der Waals surface area contributed by atoms with Gasteiger partial charge in [-0.05, 0) is 31.2 Å². The van der Waals surface area contributed by atoms with Crippen LogP contribution < -0.4 is 0 Å². The Hall–Kier alpha value is -0.860. The van der Waals surface area contributed by atoms with Crippen molar-refractivity contribution in [2.75, 3.05) is 13.2 Å². The van der Waals surface area contributed by atoms with Gasteiger partial charge in [0.15, 0.2) is 0 Å². The van der Waals surface area contributed by atoms with Crippen molar-refractivity contribution in [2.45, 2.75) is 50.0 Å². The van der Waals surface area contributed by atoms with Gasteiger partial charge in [-0.1, -0.05) is 43.2 Å². The van der Waals surface area contributed by atoms with Gasteiger partial charge in [-0.2, -0.15) is 0 Å². The predicted molar refractivity (Wildman–Crippen MR) is 76.1 cm³/mol. The molecule has 1 aromatic rings. The van der Waals surface area contributed by atoms with Gasteiger partial charge in [0, 0.05) is 18.4 Å². The Morgan fingerprint density at radius 2 is 1.89 bits per heavy atom. The summed E-state index contributed by atoms with van der Waals surface area (Å²) in [6.07, 6.45) is 6.62. The van der Waals surface area contributed by atoms with Crippen molar-refractivity contribution in [3.63, 3.8) is 0 Å². The fourth-order valence-electron chi connectivity index (χ4n) is 3.95. The minimum atomic E-state index is -0.556. The van der Waals surface area contributed by atoms with Gasteiger partial charge < -0.3 is 9.84 Å². The molecule has 3 atom stereocenters. The van der Waals surface area contributed by atoms with Crippen LogP contribution in [0.5, 0.6) is 0 Å². The summed E-state index contributed by atoms with van der Waals surface area (Å²) >= 11 is 0. The summed E-state index contributed by atoms with van der Waals surface area (Å²) in [4.78, 5) is 0. The predicted octanol–water partition coefficient (Wildman–Crippen LogP) is 3.50. The van der Waals surface area contributed by atoms with Crippen molar-refractivity contribution in [1.82, 2.24) is 0 Å². The summed E-state index contributed by atoms with van der Waals surface area (Å²) in [5.74, 6) is 0.598. The van der Waals surface area contributed by atoms with Gasteiger partial charge in [0.2, 0.25) is 0 Å². The minimum absolute atomic E-state index is 0.286. The lowest BCUT2D eigenvalue weighted by molar-refractivity contribution is -0.111. The van der Waals surface area contributed by atoms with Crippen LogP contribution >= 0.6 is 0 Å². The molecule has 1 saturated heterocycles. The molecule has 0 aromatic heterocycles. The van der Waals surface area contributed by atoms with E-state index in [0.29, 0.717) is 5.92 Å². The molecular formula is C17H24O2. The Kier molecular flexibility index (Phi) is 3.90. The zero-order valence-corrected chi connectivity index (χ0v) is 11.6. The lowest BCUT2D eigenvalue weighted by Crippen LogP contribution is -2.48. The number of hydrogen-bond donors (Lipinski definition) is 1. The molecular weight excluding hydrogens is 236 g/mol. The van der Waals surface area contributed by atoms with E-state index < -0.39 is 5.60 Å². The van der Waals surface area contributed by atoms with E-state index in [1.54, 1.807) is 0 Å². The average molecular weight is 260 g/mol. The summed E-state index contributed by atoms with van der Waals surface area (Å²) < 4.78 is 5.62. The second-order valence-corrected chi connectivity index (χ2v) is 6.11. The molecule has 3 rings (SSSR count). The molecule has 1 aliphatic carbocycles. The van der Waals surface area contributed by atoms with E-state index in [0.717, 1.165) is 45.3 Å². The molecule has 0 radical (unpaired) electrons. The van der Waals surface area contributed by atoms with Gasteiger partial charge in [-0.25, -0.2) is 0 Å². The fraction of sp³-hybridized carbons (Fsp3) is 0.647. The van der Waals surface area contributed by atoms with Crippen molar-refractivity contribution >= 4 is 0 Å². The number of ether oxygens (including phenoxy) is 1. The smallest absolute Gasteiger partial charge is 0.0765 e. The largest absolute Gasteiger partial charge is 0.389 e. The monoisotopic (exact) mass is 260 g/mol. The van der Waals surface area contributed by atoms with Gasteiger partial charge in [0.25, 0.3) is 0 Å². The van der Waals surface area contributed by atoms with Crippen LogP contribution in [0.3, 0.4) is 0 Å². The van der Waals surface area contributed by atoms with Crippen LogP contribution in [0.4, 0.5) is 0 Å². The van der Waals surface area contributed by atoms with Crippen LogP contribution in [0.2, 0.25) is 0 Å². The Morgan fingerprint density at radius 1 is 1.05 bits per heavy atom. The van der Waals surface area contributed by atoms with E-state index in [9.17, 15) is 5.11 Å². The first-order valence-corrected chi connectivity index (χ1v) is 7.66. The topological polar surface area (TPSA) is 29.5 Å². The minimum Gasteiger partial charge on any atom is -0.389 e. The summed E-state index contributed by atoms with van der Waals surface area (Å²) in [5, 5.41) is 11.3. The molecule has 1 N–H and O–H groups in total. The molecule has 2 aliphatic rings. The SMILES string of the molecule is OC1(C2CCCOC2)CCCCC1c1ccccc1. The molecule has 0 bridgehead atoms. The first-order chi connectivity index (χ1) is 9.31. The van der Waals surface area contributed by atoms with Crippen LogP contribution in [0, 0.1) is 5.92 Å². The molecule has 2 heteroatoms. The van der Waals surface area contributed by atoms with Crippen LogP contribution in [0.15, 0.2) is 30.3 Å². The molecule has 1 heterocycles. The summed E-state index contributed by atoms with van der Waals surface area (Å²) in [6, 6.07) is 10.6. The van der Waals surface area contributed by atoms with Gasteiger partial charge in [-0.15, -0.1) is 0 Å². The van der Waals surface area contributed by atoms with Crippen molar-refractivity contribution in [3.05, 3.63) is 35.9 Å². The van der Waals surface area contributed by atoms with E-state index in [1.807, 2.05) is 0 Å². The highest BCUT2D eigenvalue weighted by Gasteiger charge is 2.46. The van der Waals surface area contributed by atoms with E-state index in [1.165, 1.54) is 12.0 Å². The maximum absolute atomic E-state index is 11.3. The van der Waals surface area contributed by atoms with Gasteiger partial charge in [0.1, 0.15) is 0 Å². The van der Waals surface area contributed by atoms with Gasteiger partial charge in [0.05, 0.1) is 12.2 Å². The zero-order valence-electron chi connectivity index (χ0n) is 11.6. The van der Waals surface area contributed by atoms with E-state index in [4.69, 9.17) is 4.74 Å². The summed E-state index contributed by atoms with van der Waals surface area (Å²) in [6.45, 7) is 1.60. The number of aliphatic hydroxyl groups is 1. The van der Waals surface area contributed by atoms with Gasteiger partial charge >= 0.3 is 0 Å². The average Bonchev–Trinajstić information content (AvgIpc) is 2.49. The molecule has 0 spiro atoms. The molecule has 3 unspecified atom stereocenters. The van der Waals surface area contributed by atoms with Crippen molar-refractivity contribution in [2.24, 2.45) is 5.92 Å². The standard InChI is InChI=1S/C17H24O2/c18-17(15-9-6-12-19-13-15)11-5-4-10-16(17)14-7-2-1-3-8-14/h1-3,7-8,15-16,18H,4-6,9-13H2. The molecule has 1 aliphatic heterocycles. The van der Waals surface area contributed by atoms with E-state index in [2.05, 4.69) is 30.3 Å². The third-order valence-electron chi connectivity index (χ3n) is 4.99. The van der Waals surface area contributed by atoms with Crippen LogP contribution in [0.1, 0.15) is 50.0 Å². The molecule has 1 aromatic carbocycles. The first-order valence-electron chi connectivity index (χ1n) is 7.66. The highest BCUT2D eigenvalue weighted by molar-refractivity contribution is 5.24. The number of benzene rings is 1. The van der Waals surface area contributed by atoms with Crippen LogP contribution in [-0.4, -0.2) is 23.9 Å². The molecule has 2 fully saturated rings. The highest BCUT2D eigenvalue weighted by Crippen LogP contribution is 2.47. The molecule has 1 saturated carbocycles. The summed E-state index contributed by atoms with van der Waals surface area (Å²) in [5.41, 5.74) is 0.746. The lowest BCUT2D eigenvalue weighted by Gasteiger charge is -2.46. The van der Waals surface area contributed by atoms with E-state index in [-0.39, 0.29) is 5.92 Å². The quantitative estimate of drug-likeness (QED) is 0.882. The number of rotatable bonds is 2. The Morgan fingerprint density at radius 3 is 2.63 bits per heavy atom. The Bertz CT molecular complexity index is 397. The third-order valence-corrected chi connectivity index (χ3v) is 4.99. The molecule has 104 valence electrons. The molecule has 2 nitrogen and oxygen atoms in total. The Balaban J connectivity index is 1.87. The second-order valence-electron chi connectivity index (χ2n) is 6.11. The van der Waals surface area contributed by atoms with E-state index >= 15 is 0 Å². The fourth-order valence-corrected chi connectivity index (χ4v) is 3.95. The van der Waals surface area contributed by atoms with Crippen LogP contribution in [-0.2, 0) is 4.74 Å².